The van der Waals surface area contributed by atoms with Gasteiger partial charge in [-0.25, -0.2) is 9.79 Å². The number of methoxy groups -OCH3 is 2. The molecule has 0 radical (unpaired) electrons. The summed E-state index contributed by atoms with van der Waals surface area (Å²) < 4.78 is 27.8. The Balaban J connectivity index is 1.87. The molecular formula is C28H27NO6. The Hall–Kier alpha value is -4.26. The minimum atomic E-state index is -0.361. The zero-order valence-corrected chi connectivity index (χ0v) is 20.2. The van der Waals surface area contributed by atoms with Gasteiger partial charge in [-0.3, -0.25) is 0 Å². The van der Waals surface area contributed by atoms with Crippen LogP contribution >= 0.6 is 0 Å². The monoisotopic (exact) mass is 473 g/mol. The van der Waals surface area contributed by atoms with Gasteiger partial charge in [0.2, 0.25) is 0 Å². The molecule has 4 rings (SSSR count). The Morgan fingerprint density at radius 1 is 0.857 bits per heavy atom. The highest BCUT2D eigenvalue weighted by Gasteiger charge is 2.12. The van der Waals surface area contributed by atoms with Crippen LogP contribution in [0, 0.1) is 0 Å². The van der Waals surface area contributed by atoms with Crippen LogP contribution < -0.4 is 19.6 Å². The molecule has 0 unspecified atom stereocenters. The van der Waals surface area contributed by atoms with Crippen LogP contribution in [0.1, 0.15) is 24.2 Å². The predicted molar refractivity (Wildman–Crippen MR) is 134 cm³/mol. The van der Waals surface area contributed by atoms with E-state index in [0.717, 1.165) is 16.7 Å². The van der Waals surface area contributed by atoms with Gasteiger partial charge in [-0.1, -0.05) is 0 Å². The zero-order chi connectivity index (χ0) is 24.8. The molecule has 180 valence electrons. The number of rotatable bonds is 8. The first-order valence-corrected chi connectivity index (χ1v) is 11.3. The highest BCUT2D eigenvalue weighted by atomic mass is 16.5. The third-order valence-corrected chi connectivity index (χ3v) is 5.32. The number of esters is 1. The molecule has 1 heterocycles. The second-order valence-electron chi connectivity index (χ2n) is 7.54. The third kappa shape index (κ3) is 5.30. The fourth-order valence-corrected chi connectivity index (χ4v) is 3.65. The van der Waals surface area contributed by atoms with Crippen molar-refractivity contribution in [3.8, 4) is 28.6 Å². The van der Waals surface area contributed by atoms with Crippen molar-refractivity contribution in [1.29, 1.82) is 0 Å². The number of carbonyl (C=O) groups is 1. The van der Waals surface area contributed by atoms with Gasteiger partial charge in [0, 0.05) is 17.0 Å². The Morgan fingerprint density at radius 2 is 1.63 bits per heavy atom. The van der Waals surface area contributed by atoms with Gasteiger partial charge in [-0.05, 0) is 74.5 Å². The lowest BCUT2D eigenvalue weighted by Crippen LogP contribution is -2.05. The molecule has 0 spiro atoms. The molecule has 35 heavy (non-hydrogen) atoms. The van der Waals surface area contributed by atoms with E-state index in [1.807, 2.05) is 49.4 Å². The lowest BCUT2D eigenvalue weighted by molar-refractivity contribution is 0.0526. The summed E-state index contributed by atoms with van der Waals surface area (Å²) in [6, 6.07) is 20.1. The van der Waals surface area contributed by atoms with Crippen molar-refractivity contribution in [2.24, 2.45) is 4.99 Å². The van der Waals surface area contributed by atoms with Crippen molar-refractivity contribution in [3.05, 3.63) is 77.7 Å². The lowest BCUT2D eigenvalue weighted by atomic mass is 10.1. The molecule has 0 aliphatic rings. The van der Waals surface area contributed by atoms with E-state index in [-0.39, 0.29) is 5.97 Å². The first kappa shape index (κ1) is 23.9. The summed E-state index contributed by atoms with van der Waals surface area (Å²) in [4.78, 5) is 16.8. The minimum absolute atomic E-state index is 0.325. The van der Waals surface area contributed by atoms with E-state index in [1.165, 1.54) is 0 Å². The first-order valence-electron chi connectivity index (χ1n) is 11.3. The smallest absolute Gasteiger partial charge is 0.338 e. The molecule has 7 nitrogen and oxygen atoms in total. The van der Waals surface area contributed by atoms with E-state index in [2.05, 4.69) is 0 Å². The minimum Gasteiger partial charge on any atom is -0.494 e. The van der Waals surface area contributed by atoms with Crippen LogP contribution in [0.15, 0.2) is 76.1 Å². The van der Waals surface area contributed by atoms with Crippen LogP contribution in [0.2, 0.25) is 0 Å². The summed E-state index contributed by atoms with van der Waals surface area (Å²) in [7, 11) is 3.19. The van der Waals surface area contributed by atoms with Crippen molar-refractivity contribution >= 4 is 22.6 Å². The van der Waals surface area contributed by atoms with Gasteiger partial charge in [0.15, 0.2) is 11.5 Å². The molecular weight excluding hydrogens is 446 g/mol. The molecule has 0 amide bonds. The van der Waals surface area contributed by atoms with E-state index < -0.39 is 0 Å². The van der Waals surface area contributed by atoms with Crippen molar-refractivity contribution in [1.82, 2.24) is 0 Å². The second kappa shape index (κ2) is 10.8. The summed E-state index contributed by atoms with van der Waals surface area (Å²) in [5, 5.41) is 1.50. The maximum Gasteiger partial charge on any atom is 0.338 e. The first-order chi connectivity index (χ1) is 17.1. The topological polar surface area (TPSA) is 79.5 Å². The van der Waals surface area contributed by atoms with Crippen LogP contribution in [0.25, 0.3) is 22.3 Å². The van der Waals surface area contributed by atoms with Gasteiger partial charge >= 0.3 is 5.97 Å². The van der Waals surface area contributed by atoms with Crippen molar-refractivity contribution in [2.75, 3.05) is 27.4 Å². The Kier molecular flexibility index (Phi) is 7.35. The molecule has 3 aromatic carbocycles. The van der Waals surface area contributed by atoms with Crippen LogP contribution in [-0.4, -0.2) is 33.4 Å². The Labute approximate surface area is 203 Å². The highest BCUT2D eigenvalue weighted by molar-refractivity contribution is 5.89. The molecule has 0 saturated heterocycles. The summed E-state index contributed by atoms with van der Waals surface area (Å²) in [5.74, 6) is 2.21. The second-order valence-corrected chi connectivity index (χ2v) is 7.54. The summed E-state index contributed by atoms with van der Waals surface area (Å²) in [5.41, 5.74) is 2.63. The zero-order valence-electron chi connectivity index (χ0n) is 20.2. The summed E-state index contributed by atoms with van der Waals surface area (Å²) in [6.07, 6.45) is 0. The molecule has 0 aliphatic carbocycles. The maximum atomic E-state index is 12.0. The van der Waals surface area contributed by atoms with Gasteiger partial charge in [-0.15, -0.1) is 0 Å². The highest BCUT2D eigenvalue weighted by Crippen LogP contribution is 2.33. The molecule has 0 aliphatic heterocycles. The predicted octanol–water partition coefficient (Wildman–Crippen LogP) is 5.92. The number of nitrogens with zero attached hydrogens (tertiary/aromatic N) is 1. The van der Waals surface area contributed by atoms with Crippen molar-refractivity contribution in [2.45, 2.75) is 13.8 Å². The number of carbonyl (C=O) groups excluding carboxylic acids is 1. The lowest BCUT2D eigenvalue weighted by Gasteiger charge is -2.11. The van der Waals surface area contributed by atoms with E-state index in [4.69, 9.17) is 28.4 Å². The quantitative estimate of drug-likeness (QED) is 0.295. The normalized spacial score (nSPS) is 11.4. The third-order valence-electron chi connectivity index (χ3n) is 5.32. The number of hydrogen-bond acceptors (Lipinski definition) is 7. The number of benzene rings is 3. The van der Waals surface area contributed by atoms with Crippen LogP contribution in [0.4, 0.5) is 5.69 Å². The maximum absolute atomic E-state index is 12.0. The number of hydrogen-bond donors (Lipinski definition) is 0. The van der Waals surface area contributed by atoms with Crippen molar-refractivity contribution in [3.63, 3.8) is 0 Å². The molecule has 4 aromatic rings. The van der Waals surface area contributed by atoms with Crippen LogP contribution in [0.5, 0.6) is 17.2 Å². The van der Waals surface area contributed by atoms with Gasteiger partial charge in [0.25, 0.3) is 0 Å². The fourth-order valence-electron chi connectivity index (χ4n) is 3.65. The standard InChI is InChI=1S/C28H27NO6/c1-5-33-21-12-14-24-22(16-21)23(29-20-10-7-18(8-11-20)28(30)34-6-2)17-26(35-24)19-9-13-25(31-3)27(15-19)32-4/h7-17H,5-6H2,1-4H3. The van der Waals surface area contributed by atoms with Crippen LogP contribution in [-0.2, 0) is 4.74 Å². The molecule has 0 bridgehead atoms. The largest absolute Gasteiger partial charge is 0.494 e. The molecule has 0 saturated carbocycles. The molecule has 0 atom stereocenters. The van der Waals surface area contributed by atoms with Gasteiger partial charge in [-0.2, -0.15) is 0 Å². The summed E-state index contributed by atoms with van der Waals surface area (Å²) >= 11 is 0. The Morgan fingerprint density at radius 3 is 2.31 bits per heavy atom. The van der Waals surface area contributed by atoms with Gasteiger partial charge < -0.3 is 23.4 Å². The fraction of sp³-hybridized carbons (Fsp3) is 0.214. The molecule has 0 N–H and O–H groups in total. The molecule has 0 fully saturated rings. The average molecular weight is 474 g/mol. The molecule has 7 heteroatoms. The average Bonchev–Trinajstić information content (AvgIpc) is 2.89. The summed E-state index contributed by atoms with van der Waals surface area (Å²) in [6.45, 7) is 4.59. The van der Waals surface area contributed by atoms with E-state index in [9.17, 15) is 4.79 Å². The number of fused-ring (bicyclic) bond motifs is 1. The van der Waals surface area contributed by atoms with Crippen molar-refractivity contribution < 1.29 is 28.2 Å². The van der Waals surface area contributed by atoms with E-state index in [0.29, 0.717) is 52.7 Å². The van der Waals surface area contributed by atoms with E-state index >= 15 is 0 Å². The van der Waals surface area contributed by atoms with Gasteiger partial charge in [0.1, 0.15) is 17.1 Å². The SMILES string of the molecule is CCOC(=O)c1ccc(N=c2cc(-c3ccc(OC)c(OC)c3)oc3ccc(OCC)cc23)cc1. The number of ether oxygens (including phenoxy) is 4. The van der Waals surface area contributed by atoms with Crippen LogP contribution in [0.3, 0.4) is 0 Å². The van der Waals surface area contributed by atoms with Gasteiger partial charge in [0.05, 0.1) is 44.0 Å². The van der Waals surface area contributed by atoms with E-state index in [1.54, 1.807) is 45.4 Å². The molecule has 1 aromatic heterocycles. The Bertz CT molecular complexity index is 1410.